The maximum absolute atomic E-state index is 12.7. The van der Waals surface area contributed by atoms with Crippen molar-refractivity contribution in [2.24, 2.45) is 0 Å². The Morgan fingerprint density at radius 2 is 2.05 bits per heavy atom. The molecule has 1 rings (SSSR count). The number of thioether (sulfide) groups is 1. The number of methoxy groups -OCH3 is 1. The lowest BCUT2D eigenvalue weighted by atomic mass is 10.4. The number of amides is 1. The molecule has 106 valence electrons. The Morgan fingerprint density at radius 3 is 2.63 bits per heavy atom. The highest BCUT2D eigenvalue weighted by atomic mass is 32.2. The van der Waals surface area contributed by atoms with E-state index in [0.29, 0.717) is 19.7 Å². The maximum atomic E-state index is 12.7. The standard InChI is InChI=1S/C13H18FNO3S/c1-18-9-7-15(6-8-16)13(17)10-19-12-4-2-11(14)3-5-12/h2-5,16H,6-10H2,1H3. The quantitative estimate of drug-likeness (QED) is 0.734. The van der Waals surface area contributed by atoms with Gasteiger partial charge in [0.1, 0.15) is 5.82 Å². The largest absolute Gasteiger partial charge is 0.395 e. The number of carbonyl (C=O) groups is 1. The number of benzene rings is 1. The molecule has 4 nitrogen and oxygen atoms in total. The molecular weight excluding hydrogens is 269 g/mol. The molecule has 0 fully saturated rings. The second-order valence-corrected chi connectivity index (χ2v) is 4.89. The number of ether oxygens (including phenoxy) is 1. The molecule has 0 spiro atoms. The molecule has 0 unspecified atom stereocenters. The zero-order valence-corrected chi connectivity index (χ0v) is 11.7. The Morgan fingerprint density at radius 1 is 1.37 bits per heavy atom. The lowest BCUT2D eigenvalue weighted by Crippen LogP contribution is -2.37. The fourth-order valence-electron chi connectivity index (χ4n) is 1.45. The second kappa shape index (κ2) is 8.90. The van der Waals surface area contributed by atoms with Gasteiger partial charge in [0, 0.05) is 25.1 Å². The van der Waals surface area contributed by atoms with Crippen LogP contribution in [0.5, 0.6) is 0 Å². The van der Waals surface area contributed by atoms with Crippen LogP contribution in [0.3, 0.4) is 0 Å². The topological polar surface area (TPSA) is 49.8 Å². The van der Waals surface area contributed by atoms with E-state index in [-0.39, 0.29) is 24.1 Å². The van der Waals surface area contributed by atoms with Crippen molar-refractivity contribution in [3.63, 3.8) is 0 Å². The summed E-state index contributed by atoms with van der Waals surface area (Å²) in [6.07, 6.45) is 0. The van der Waals surface area contributed by atoms with Gasteiger partial charge in [-0.05, 0) is 24.3 Å². The number of aliphatic hydroxyl groups excluding tert-OH is 1. The first-order valence-electron chi connectivity index (χ1n) is 5.93. The van der Waals surface area contributed by atoms with Crippen LogP contribution in [0, 0.1) is 5.82 Å². The van der Waals surface area contributed by atoms with Crippen LogP contribution in [-0.4, -0.2) is 55.1 Å². The van der Waals surface area contributed by atoms with Gasteiger partial charge in [0.15, 0.2) is 0 Å². The summed E-state index contributed by atoms with van der Waals surface area (Å²) in [5.74, 6) is -0.104. The first-order valence-corrected chi connectivity index (χ1v) is 6.92. The summed E-state index contributed by atoms with van der Waals surface area (Å²) in [4.78, 5) is 14.3. The van der Waals surface area contributed by atoms with E-state index >= 15 is 0 Å². The van der Waals surface area contributed by atoms with Crippen LogP contribution < -0.4 is 0 Å². The predicted octanol–water partition coefficient (Wildman–Crippen LogP) is 1.39. The van der Waals surface area contributed by atoms with Gasteiger partial charge in [0.2, 0.25) is 5.91 Å². The summed E-state index contributed by atoms with van der Waals surface area (Å²) >= 11 is 1.34. The summed E-state index contributed by atoms with van der Waals surface area (Å²) in [7, 11) is 1.56. The summed E-state index contributed by atoms with van der Waals surface area (Å²) in [5, 5.41) is 8.92. The van der Waals surface area contributed by atoms with E-state index in [1.54, 1.807) is 24.1 Å². The lowest BCUT2D eigenvalue weighted by Gasteiger charge is -2.21. The Bertz CT molecular complexity index is 386. The summed E-state index contributed by atoms with van der Waals surface area (Å²) in [5.41, 5.74) is 0. The van der Waals surface area contributed by atoms with E-state index in [4.69, 9.17) is 9.84 Å². The Kier molecular flexibility index (Phi) is 7.47. The first kappa shape index (κ1) is 15.9. The van der Waals surface area contributed by atoms with Gasteiger partial charge in [-0.3, -0.25) is 4.79 Å². The molecule has 0 aliphatic rings. The van der Waals surface area contributed by atoms with E-state index in [1.807, 2.05) is 0 Å². The minimum atomic E-state index is -0.294. The van der Waals surface area contributed by atoms with Crippen molar-refractivity contribution in [1.82, 2.24) is 4.90 Å². The predicted molar refractivity (Wildman–Crippen MR) is 72.7 cm³/mol. The number of rotatable bonds is 8. The van der Waals surface area contributed by atoms with Gasteiger partial charge >= 0.3 is 0 Å². The van der Waals surface area contributed by atoms with Gasteiger partial charge in [-0.1, -0.05) is 0 Å². The summed E-state index contributed by atoms with van der Waals surface area (Å²) in [6.45, 7) is 1.12. The van der Waals surface area contributed by atoms with Crippen LogP contribution in [0.4, 0.5) is 4.39 Å². The van der Waals surface area contributed by atoms with Crippen molar-refractivity contribution in [2.75, 3.05) is 39.2 Å². The average Bonchev–Trinajstić information content (AvgIpc) is 2.42. The van der Waals surface area contributed by atoms with Crippen LogP contribution in [0.2, 0.25) is 0 Å². The fraction of sp³-hybridized carbons (Fsp3) is 0.462. The van der Waals surface area contributed by atoms with Gasteiger partial charge in [0.25, 0.3) is 0 Å². The molecule has 0 saturated heterocycles. The van der Waals surface area contributed by atoms with E-state index < -0.39 is 0 Å². The zero-order valence-electron chi connectivity index (χ0n) is 10.8. The molecule has 1 amide bonds. The third-order valence-corrected chi connectivity index (χ3v) is 3.46. The molecule has 0 atom stereocenters. The Hall–Kier alpha value is -1.11. The molecule has 1 aromatic carbocycles. The van der Waals surface area contributed by atoms with Gasteiger partial charge in [-0.15, -0.1) is 11.8 Å². The molecule has 1 N–H and O–H groups in total. The first-order chi connectivity index (χ1) is 9.17. The Labute approximate surface area is 116 Å². The fourth-order valence-corrected chi connectivity index (χ4v) is 2.25. The van der Waals surface area contributed by atoms with E-state index in [2.05, 4.69) is 0 Å². The minimum absolute atomic E-state index is 0.0691. The number of hydrogen-bond acceptors (Lipinski definition) is 4. The molecule has 0 aromatic heterocycles. The normalized spacial score (nSPS) is 10.5. The molecule has 1 aromatic rings. The molecule has 0 saturated carbocycles. The van der Waals surface area contributed by atoms with Crippen molar-refractivity contribution in [3.8, 4) is 0 Å². The average molecular weight is 287 g/mol. The monoisotopic (exact) mass is 287 g/mol. The number of carbonyl (C=O) groups excluding carboxylic acids is 1. The number of hydrogen-bond donors (Lipinski definition) is 1. The van der Waals surface area contributed by atoms with E-state index in [9.17, 15) is 9.18 Å². The van der Waals surface area contributed by atoms with Gasteiger partial charge in [0.05, 0.1) is 19.0 Å². The van der Waals surface area contributed by atoms with Crippen molar-refractivity contribution >= 4 is 17.7 Å². The van der Waals surface area contributed by atoms with E-state index in [0.717, 1.165) is 4.90 Å². The Balaban J connectivity index is 2.44. The highest BCUT2D eigenvalue weighted by Gasteiger charge is 2.12. The second-order valence-electron chi connectivity index (χ2n) is 3.84. The van der Waals surface area contributed by atoms with E-state index in [1.165, 1.54) is 23.9 Å². The maximum Gasteiger partial charge on any atom is 0.233 e. The zero-order chi connectivity index (χ0) is 14.1. The summed E-state index contributed by atoms with van der Waals surface area (Å²) < 4.78 is 17.6. The van der Waals surface area contributed by atoms with Crippen LogP contribution in [0.15, 0.2) is 29.2 Å². The third-order valence-electron chi connectivity index (χ3n) is 2.46. The van der Waals surface area contributed by atoms with Gasteiger partial charge in [-0.25, -0.2) is 4.39 Å². The molecule has 0 radical (unpaired) electrons. The lowest BCUT2D eigenvalue weighted by molar-refractivity contribution is -0.129. The highest BCUT2D eigenvalue weighted by molar-refractivity contribution is 8.00. The minimum Gasteiger partial charge on any atom is -0.395 e. The molecule has 0 aliphatic heterocycles. The number of halogens is 1. The molecule has 19 heavy (non-hydrogen) atoms. The highest BCUT2D eigenvalue weighted by Crippen LogP contribution is 2.18. The molecule has 0 bridgehead atoms. The molecular formula is C13H18FNO3S. The van der Waals surface area contributed by atoms with Crippen molar-refractivity contribution in [1.29, 1.82) is 0 Å². The van der Waals surface area contributed by atoms with Crippen molar-refractivity contribution in [3.05, 3.63) is 30.1 Å². The number of nitrogens with zero attached hydrogens (tertiary/aromatic N) is 1. The van der Waals surface area contributed by atoms with Gasteiger partial charge in [-0.2, -0.15) is 0 Å². The van der Waals surface area contributed by atoms with Crippen LogP contribution in [-0.2, 0) is 9.53 Å². The molecule has 0 heterocycles. The van der Waals surface area contributed by atoms with Crippen LogP contribution >= 0.6 is 11.8 Å². The van der Waals surface area contributed by atoms with Gasteiger partial charge < -0.3 is 14.7 Å². The van der Waals surface area contributed by atoms with Crippen molar-refractivity contribution in [2.45, 2.75) is 4.90 Å². The van der Waals surface area contributed by atoms with Crippen LogP contribution in [0.25, 0.3) is 0 Å². The van der Waals surface area contributed by atoms with Crippen LogP contribution in [0.1, 0.15) is 0 Å². The summed E-state index contributed by atoms with van der Waals surface area (Å²) in [6, 6.07) is 6.00. The molecule has 6 heteroatoms. The SMILES string of the molecule is COCCN(CCO)C(=O)CSc1ccc(F)cc1. The van der Waals surface area contributed by atoms with Crippen molar-refractivity contribution < 1.29 is 19.0 Å². The third kappa shape index (κ3) is 6.04. The number of aliphatic hydroxyl groups is 1. The smallest absolute Gasteiger partial charge is 0.233 e. The molecule has 0 aliphatic carbocycles.